The standard InChI is InChI=1S/C19H19N2P/c1-3-9-18(10-4-1)22(19-11-5-2-6-12-19)15-14-20-16-17-8-7-13-21-17/h1-13,16,21H,14-15H2/b20-16+. The number of nitrogens with zero attached hydrogens (tertiary/aromatic N) is 1. The van der Waals surface area contributed by atoms with Crippen LogP contribution in [-0.2, 0) is 0 Å². The lowest BCUT2D eigenvalue weighted by molar-refractivity contribution is 1.15. The zero-order valence-corrected chi connectivity index (χ0v) is 13.3. The molecule has 0 bridgehead atoms. The molecule has 0 aliphatic heterocycles. The van der Waals surface area contributed by atoms with Crippen LogP contribution in [-0.4, -0.2) is 23.9 Å². The molecule has 0 saturated carbocycles. The molecule has 1 heterocycles. The van der Waals surface area contributed by atoms with E-state index in [1.165, 1.54) is 10.6 Å². The molecule has 0 amide bonds. The van der Waals surface area contributed by atoms with Gasteiger partial charge in [0.05, 0.1) is 5.69 Å². The Kier molecular flexibility index (Phi) is 5.18. The fourth-order valence-electron chi connectivity index (χ4n) is 2.37. The van der Waals surface area contributed by atoms with Crippen molar-refractivity contribution in [1.29, 1.82) is 0 Å². The number of hydrogen-bond acceptors (Lipinski definition) is 1. The second-order valence-corrected chi connectivity index (χ2v) is 7.32. The first-order valence-corrected chi connectivity index (χ1v) is 8.97. The summed E-state index contributed by atoms with van der Waals surface area (Å²) in [6, 6.07) is 25.6. The van der Waals surface area contributed by atoms with Crippen molar-refractivity contribution in [2.24, 2.45) is 4.99 Å². The fraction of sp³-hybridized carbons (Fsp3) is 0.105. The molecular formula is C19H19N2P. The van der Waals surface area contributed by atoms with Gasteiger partial charge in [-0.2, -0.15) is 0 Å². The number of hydrogen-bond donors (Lipinski definition) is 1. The first kappa shape index (κ1) is 14.7. The third kappa shape index (κ3) is 3.93. The van der Waals surface area contributed by atoms with Crippen molar-refractivity contribution in [2.45, 2.75) is 0 Å². The Morgan fingerprint density at radius 3 is 2.00 bits per heavy atom. The maximum atomic E-state index is 4.56. The lowest BCUT2D eigenvalue weighted by Crippen LogP contribution is -2.15. The predicted molar refractivity (Wildman–Crippen MR) is 97.2 cm³/mol. The summed E-state index contributed by atoms with van der Waals surface area (Å²) in [6.07, 6.45) is 4.91. The molecule has 0 fully saturated rings. The Morgan fingerprint density at radius 1 is 0.818 bits per heavy atom. The molecule has 110 valence electrons. The highest BCUT2D eigenvalue weighted by molar-refractivity contribution is 7.73. The lowest BCUT2D eigenvalue weighted by atomic mass is 10.4. The number of H-pyrrole nitrogens is 1. The van der Waals surface area contributed by atoms with E-state index in [0.29, 0.717) is 0 Å². The van der Waals surface area contributed by atoms with Gasteiger partial charge in [-0.25, -0.2) is 0 Å². The summed E-state index contributed by atoms with van der Waals surface area (Å²) >= 11 is 0. The van der Waals surface area contributed by atoms with Crippen molar-refractivity contribution in [1.82, 2.24) is 4.98 Å². The van der Waals surface area contributed by atoms with Crippen LogP contribution in [0.5, 0.6) is 0 Å². The van der Waals surface area contributed by atoms with Crippen LogP contribution in [0.2, 0.25) is 0 Å². The van der Waals surface area contributed by atoms with Crippen LogP contribution in [0.3, 0.4) is 0 Å². The smallest absolute Gasteiger partial charge is 0.0561 e. The number of benzene rings is 2. The molecule has 0 atom stereocenters. The van der Waals surface area contributed by atoms with E-state index in [1.807, 2.05) is 24.5 Å². The van der Waals surface area contributed by atoms with Gasteiger partial charge in [0.15, 0.2) is 0 Å². The summed E-state index contributed by atoms with van der Waals surface area (Å²) < 4.78 is 0. The minimum Gasteiger partial charge on any atom is -0.360 e. The van der Waals surface area contributed by atoms with Gasteiger partial charge >= 0.3 is 0 Å². The molecule has 22 heavy (non-hydrogen) atoms. The summed E-state index contributed by atoms with van der Waals surface area (Å²) in [4.78, 5) is 7.71. The first-order chi connectivity index (χ1) is 10.9. The van der Waals surface area contributed by atoms with E-state index in [-0.39, 0.29) is 7.92 Å². The summed E-state index contributed by atoms with van der Waals surface area (Å²) in [5, 5.41) is 2.83. The third-order valence-corrected chi connectivity index (χ3v) is 5.93. The van der Waals surface area contributed by atoms with Gasteiger partial charge in [0.1, 0.15) is 0 Å². The molecule has 0 aliphatic carbocycles. The molecule has 0 saturated heterocycles. The van der Waals surface area contributed by atoms with Crippen LogP contribution in [0.4, 0.5) is 0 Å². The van der Waals surface area contributed by atoms with Gasteiger partial charge in [-0.3, -0.25) is 4.99 Å². The van der Waals surface area contributed by atoms with Gasteiger partial charge in [0.25, 0.3) is 0 Å². The number of aliphatic imine (C=N–C) groups is 1. The van der Waals surface area contributed by atoms with Gasteiger partial charge < -0.3 is 4.98 Å². The van der Waals surface area contributed by atoms with Crippen molar-refractivity contribution in [3.63, 3.8) is 0 Å². The predicted octanol–water partition coefficient (Wildman–Crippen LogP) is 3.57. The van der Waals surface area contributed by atoms with Gasteiger partial charge in [0, 0.05) is 19.0 Å². The van der Waals surface area contributed by atoms with Crippen molar-refractivity contribution in [3.8, 4) is 0 Å². The molecule has 0 unspecified atom stereocenters. The molecule has 2 nitrogen and oxygen atoms in total. The zero-order chi connectivity index (χ0) is 15.0. The van der Waals surface area contributed by atoms with Crippen molar-refractivity contribution in [2.75, 3.05) is 12.7 Å². The van der Waals surface area contributed by atoms with Crippen molar-refractivity contribution in [3.05, 3.63) is 84.7 Å². The number of rotatable bonds is 6. The first-order valence-electron chi connectivity index (χ1n) is 7.44. The Labute approximate surface area is 132 Å². The van der Waals surface area contributed by atoms with Gasteiger partial charge in [-0.15, -0.1) is 0 Å². The third-order valence-electron chi connectivity index (χ3n) is 3.44. The Hall–Kier alpha value is -2.18. The van der Waals surface area contributed by atoms with E-state index in [9.17, 15) is 0 Å². The highest BCUT2D eigenvalue weighted by Gasteiger charge is 2.12. The van der Waals surface area contributed by atoms with E-state index in [0.717, 1.165) is 18.4 Å². The Balaban J connectivity index is 1.72. The highest BCUT2D eigenvalue weighted by Crippen LogP contribution is 2.32. The van der Waals surface area contributed by atoms with E-state index in [4.69, 9.17) is 0 Å². The van der Waals surface area contributed by atoms with E-state index in [2.05, 4.69) is 70.6 Å². The van der Waals surface area contributed by atoms with E-state index >= 15 is 0 Å². The summed E-state index contributed by atoms with van der Waals surface area (Å²) in [6.45, 7) is 0.842. The number of aromatic amines is 1. The largest absolute Gasteiger partial charge is 0.360 e. The normalized spacial score (nSPS) is 11.3. The molecule has 3 aromatic rings. The molecule has 2 aromatic carbocycles. The lowest BCUT2D eigenvalue weighted by Gasteiger charge is -2.17. The van der Waals surface area contributed by atoms with Crippen LogP contribution in [0.15, 0.2) is 84.0 Å². The number of nitrogens with one attached hydrogen (secondary N) is 1. The highest BCUT2D eigenvalue weighted by atomic mass is 31.1. The molecule has 3 heteroatoms. The Morgan fingerprint density at radius 2 is 1.45 bits per heavy atom. The van der Waals surface area contributed by atoms with Crippen LogP contribution < -0.4 is 10.6 Å². The molecular weight excluding hydrogens is 287 g/mol. The zero-order valence-electron chi connectivity index (χ0n) is 12.4. The maximum Gasteiger partial charge on any atom is 0.0561 e. The second kappa shape index (κ2) is 7.72. The monoisotopic (exact) mass is 306 g/mol. The summed E-state index contributed by atoms with van der Waals surface area (Å²) in [5.41, 5.74) is 1.06. The molecule has 0 spiro atoms. The quantitative estimate of drug-likeness (QED) is 0.533. The molecule has 0 aliphatic rings. The SMILES string of the molecule is C(=N\CCP(c1ccccc1)c1ccccc1)/c1ccc[nH]1. The van der Waals surface area contributed by atoms with Crippen LogP contribution in [0, 0.1) is 0 Å². The minimum atomic E-state index is -0.344. The van der Waals surface area contributed by atoms with Crippen LogP contribution >= 0.6 is 7.92 Å². The van der Waals surface area contributed by atoms with Crippen molar-refractivity contribution >= 4 is 24.7 Å². The topological polar surface area (TPSA) is 28.1 Å². The molecule has 0 radical (unpaired) electrons. The van der Waals surface area contributed by atoms with Gasteiger partial charge in [0.2, 0.25) is 0 Å². The number of aromatic nitrogens is 1. The molecule has 1 aromatic heterocycles. The van der Waals surface area contributed by atoms with Crippen LogP contribution in [0.1, 0.15) is 5.69 Å². The molecule has 1 N–H and O–H groups in total. The van der Waals surface area contributed by atoms with E-state index < -0.39 is 0 Å². The fourth-order valence-corrected chi connectivity index (χ4v) is 4.56. The van der Waals surface area contributed by atoms with Gasteiger partial charge in [-0.1, -0.05) is 60.7 Å². The van der Waals surface area contributed by atoms with Gasteiger partial charge in [-0.05, 0) is 36.8 Å². The second-order valence-electron chi connectivity index (χ2n) is 4.98. The van der Waals surface area contributed by atoms with Crippen molar-refractivity contribution < 1.29 is 0 Å². The summed E-state index contributed by atoms with van der Waals surface area (Å²) in [5.74, 6) is 0. The van der Waals surface area contributed by atoms with Crippen LogP contribution in [0.25, 0.3) is 0 Å². The maximum absolute atomic E-state index is 4.56. The summed E-state index contributed by atoms with van der Waals surface area (Å²) in [7, 11) is -0.344. The van der Waals surface area contributed by atoms with E-state index in [1.54, 1.807) is 0 Å². The average Bonchev–Trinajstić information content (AvgIpc) is 3.10. The molecule has 3 rings (SSSR count). The minimum absolute atomic E-state index is 0.344. The Bertz CT molecular complexity index is 651. The average molecular weight is 306 g/mol.